The van der Waals surface area contributed by atoms with Crippen LogP contribution in [0.25, 0.3) is 0 Å². The van der Waals surface area contributed by atoms with Crippen molar-refractivity contribution in [3.05, 3.63) is 17.5 Å². The van der Waals surface area contributed by atoms with E-state index in [-0.39, 0.29) is 6.04 Å². The molecule has 0 amide bonds. The van der Waals surface area contributed by atoms with Crippen LogP contribution in [0.3, 0.4) is 0 Å². The van der Waals surface area contributed by atoms with Crippen molar-refractivity contribution in [2.45, 2.75) is 46.2 Å². The molecule has 1 aromatic heterocycles. The van der Waals surface area contributed by atoms with Crippen LogP contribution < -0.4 is 5.73 Å². The molecule has 1 unspecified atom stereocenters. The third kappa shape index (κ3) is 2.10. The number of aryl methyl sites for hydroxylation is 1. The van der Waals surface area contributed by atoms with Crippen molar-refractivity contribution in [1.29, 1.82) is 0 Å². The quantitative estimate of drug-likeness (QED) is 0.775. The molecule has 0 aliphatic rings. The van der Waals surface area contributed by atoms with E-state index in [0.29, 0.717) is 5.92 Å². The zero-order valence-electron chi connectivity index (χ0n) is 8.91. The van der Waals surface area contributed by atoms with Gasteiger partial charge in [0.1, 0.15) is 0 Å². The predicted molar refractivity (Wildman–Crippen MR) is 54.6 cm³/mol. The summed E-state index contributed by atoms with van der Waals surface area (Å²) in [4.78, 5) is 0. The van der Waals surface area contributed by atoms with Gasteiger partial charge in [0.05, 0.1) is 11.4 Å². The lowest BCUT2D eigenvalue weighted by Crippen LogP contribution is -2.12. The van der Waals surface area contributed by atoms with Gasteiger partial charge in [-0.2, -0.15) is 5.10 Å². The van der Waals surface area contributed by atoms with Crippen LogP contribution in [-0.4, -0.2) is 9.78 Å². The minimum Gasteiger partial charge on any atom is -0.323 e. The van der Waals surface area contributed by atoms with Gasteiger partial charge in [-0.25, -0.2) is 0 Å². The lowest BCUT2D eigenvalue weighted by Gasteiger charge is -2.06. The molecule has 2 N–H and O–H groups in total. The highest BCUT2D eigenvalue weighted by Gasteiger charge is 2.11. The first kappa shape index (κ1) is 10.3. The van der Waals surface area contributed by atoms with Crippen LogP contribution in [0.15, 0.2) is 6.07 Å². The summed E-state index contributed by atoms with van der Waals surface area (Å²) < 4.78 is 1.99. The molecule has 0 aliphatic heterocycles. The first-order valence-electron chi connectivity index (χ1n) is 4.89. The molecule has 0 bridgehead atoms. The van der Waals surface area contributed by atoms with Crippen molar-refractivity contribution in [2.75, 3.05) is 0 Å². The van der Waals surface area contributed by atoms with E-state index < -0.39 is 0 Å². The normalized spacial score (nSPS) is 13.7. The SMILES string of the molecule is CCn1nc(C(C)C)cc1C(C)N. The molecule has 0 radical (unpaired) electrons. The maximum atomic E-state index is 5.84. The van der Waals surface area contributed by atoms with Gasteiger partial charge in [0.2, 0.25) is 0 Å². The molecule has 1 aromatic rings. The summed E-state index contributed by atoms with van der Waals surface area (Å²) in [7, 11) is 0. The van der Waals surface area contributed by atoms with Crippen molar-refractivity contribution in [2.24, 2.45) is 5.73 Å². The molecule has 0 aromatic carbocycles. The highest BCUT2D eigenvalue weighted by Crippen LogP contribution is 2.17. The standard InChI is InChI=1S/C10H19N3/c1-5-13-10(8(4)11)6-9(12-13)7(2)3/h6-8H,5,11H2,1-4H3. The van der Waals surface area contributed by atoms with E-state index in [1.807, 2.05) is 11.6 Å². The second-order valence-electron chi connectivity index (χ2n) is 3.75. The number of nitrogens with two attached hydrogens (primary N) is 1. The van der Waals surface area contributed by atoms with E-state index in [9.17, 15) is 0 Å². The van der Waals surface area contributed by atoms with Crippen LogP contribution in [0.5, 0.6) is 0 Å². The molecule has 1 atom stereocenters. The fraction of sp³-hybridized carbons (Fsp3) is 0.700. The molecule has 0 aliphatic carbocycles. The Hall–Kier alpha value is -0.830. The Morgan fingerprint density at radius 2 is 2.08 bits per heavy atom. The van der Waals surface area contributed by atoms with Gasteiger partial charge in [-0.15, -0.1) is 0 Å². The molecule has 0 fully saturated rings. The summed E-state index contributed by atoms with van der Waals surface area (Å²) >= 11 is 0. The Kier molecular flexibility index (Phi) is 3.09. The smallest absolute Gasteiger partial charge is 0.0653 e. The Morgan fingerprint density at radius 1 is 1.46 bits per heavy atom. The van der Waals surface area contributed by atoms with E-state index >= 15 is 0 Å². The molecular formula is C10H19N3. The largest absolute Gasteiger partial charge is 0.323 e. The highest BCUT2D eigenvalue weighted by atomic mass is 15.3. The maximum absolute atomic E-state index is 5.84. The van der Waals surface area contributed by atoms with Gasteiger partial charge in [0, 0.05) is 12.6 Å². The summed E-state index contributed by atoms with van der Waals surface area (Å²) in [5.41, 5.74) is 8.11. The van der Waals surface area contributed by atoms with Crippen molar-refractivity contribution in [1.82, 2.24) is 9.78 Å². The topological polar surface area (TPSA) is 43.8 Å². The second-order valence-corrected chi connectivity index (χ2v) is 3.75. The first-order chi connectivity index (χ1) is 6.06. The van der Waals surface area contributed by atoms with Gasteiger partial charge < -0.3 is 5.73 Å². The zero-order chi connectivity index (χ0) is 10.0. The van der Waals surface area contributed by atoms with Crippen LogP contribution in [-0.2, 0) is 6.54 Å². The fourth-order valence-electron chi connectivity index (χ4n) is 1.35. The number of hydrogen-bond acceptors (Lipinski definition) is 2. The Labute approximate surface area is 79.9 Å². The van der Waals surface area contributed by atoms with Crippen LogP contribution in [0.4, 0.5) is 0 Å². The molecule has 0 saturated carbocycles. The third-order valence-electron chi connectivity index (χ3n) is 2.19. The van der Waals surface area contributed by atoms with Crippen LogP contribution in [0.2, 0.25) is 0 Å². The van der Waals surface area contributed by atoms with Crippen LogP contribution in [0.1, 0.15) is 51.0 Å². The molecule has 0 spiro atoms. The Bertz CT molecular complexity index is 274. The van der Waals surface area contributed by atoms with Gasteiger partial charge in [0.25, 0.3) is 0 Å². The Morgan fingerprint density at radius 3 is 2.38 bits per heavy atom. The van der Waals surface area contributed by atoms with Crippen LogP contribution >= 0.6 is 0 Å². The van der Waals surface area contributed by atoms with Gasteiger partial charge in [-0.3, -0.25) is 4.68 Å². The maximum Gasteiger partial charge on any atom is 0.0653 e. The fourth-order valence-corrected chi connectivity index (χ4v) is 1.35. The minimum absolute atomic E-state index is 0.0694. The average Bonchev–Trinajstić information content (AvgIpc) is 2.47. The lowest BCUT2D eigenvalue weighted by molar-refractivity contribution is 0.580. The number of hydrogen-bond donors (Lipinski definition) is 1. The van der Waals surface area contributed by atoms with E-state index in [2.05, 4.69) is 31.9 Å². The van der Waals surface area contributed by atoms with E-state index in [0.717, 1.165) is 17.9 Å². The van der Waals surface area contributed by atoms with Gasteiger partial charge in [0.15, 0.2) is 0 Å². The first-order valence-corrected chi connectivity index (χ1v) is 4.89. The van der Waals surface area contributed by atoms with E-state index in [1.165, 1.54) is 0 Å². The summed E-state index contributed by atoms with van der Waals surface area (Å²) in [5.74, 6) is 0.477. The second kappa shape index (κ2) is 3.92. The Balaban J connectivity index is 3.04. The molecule has 3 heteroatoms. The molecular weight excluding hydrogens is 162 g/mol. The molecule has 3 nitrogen and oxygen atoms in total. The third-order valence-corrected chi connectivity index (χ3v) is 2.19. The summed E-state index contributed by atoms with van der Waals surface area (Å²) in [6, 6.07) is 2.18. The molecule has 1 rings (SSSR count). The number of rotatable bonds is 3. The summed E-state index contributed by atoms with van der Waals surface area (Å²) in [6.07, 6.45) is 0. The van der Waals surface area contributed by atoms with Crippen LogP contribution in [0, 0.1) is 0 Å². The zero-order valence-corrected chi connectivity index (χ0v) is 8.91. The number of nitrogens with zero attached hydrogens (tertiary/aromatic N) is 2. The summed E-state index contributed by atoms with van der Waals surface area (Å²) in [6.45, 7) is 9.26. The highest BCUT2D eigenvalue weighted by molar-refractivity contribution is 5.15. The van der Waals surface area contributed by atoms with E-state index in [4.69, 9.17) is 5.73 Å². The van der Waals surface area contributed by atoms with Crippen molar-refractivity contribution >= 4 is 0 Å². The predicted octanol–water partition coefficient (Wildman–Crippen LogP) is 2.05. The van der Waals surface area contributed by atoms with E-state index in [1.54, 1.807) is 0 Å². The average molecular weight is 181 g/mol. The van der Waals surface area contributed by atoms with Crippen molar-refractivity contribution in [3.8, 4) is 0 Å². The molecule has 13 heavy (non-hydrogen) atoms. The lowest BCUT2D eigenvalue weighted by atomic mass is 10.1. The molecule has 0 saturated heterocycles. The van der Waals surface area contributed by atoms with Gasteiger partial charge in [-0.1, -0.05) is 13.8 Å². The van der Waals surface area contributed by atoms with Gasteiger partial charge in [-0.05, 0) is 25.8 Å². The molecule has 74 valence electrons. The number of aromatic nitrogens is 2. The van der Waals surface area contributed by atoms with Crippen molar-refractivity contribution in [3.63, 3.8) is 0 Å². The van der Waals surface area contributed by atoms with Gasteiger partial charge >= 0.3 is 0 Å². The van der Waals surface area contributed by atoms with Crippen molar-refractivity contribution < 1.29 is 0 Å². The monoisotopic (exact) mass is 181 g/mol. The molecule has 1 heterocycles. The summed E-state index contributed by atoms with van der Waals surface area (Å²) in [5, 5.41) is 4.49. The minimum atomic E-state index is 0.0694.